The lowest BCUT2D eigenvalue weighted by Gasteiger charge is -2.22. The first-order chi connectivity index (χ1) is 11.4. The van der Waals surface area contributed by atoms with E-state index >= 15 is 0 Å². The van der Waals surface area contributed by atoms with Gasteiger partial charge < -0.3 is 29.8 Å². The fourth-order valence-corrected chi connectivity index (χ4v) is 3.06. The van der Waals surface area contributed by atoms with Crippen LogP contribution in [-0.4, -0.2) is 69.1 Å². The van der Waals surface area contributed by atoms with E-state index in [2.05, 4.69) is 0 Å². The molecule has 2 saturated heterocycles. The highest BCUT2D eigenvalue weighted by molar-refractivity contribution is 5.78. The van der Waals surface area contributed by atoms with E-state index in [-0.39, 0.29) is 11.9 Å². The number of aliphatic hydroxyl groups is 3. The summed E-state index contributed by atoms with van der Waals surface area (Å²) < 4.78 is 6.11. The van der Waals surface area contributed by atoms with E-state index in [0.717, 1.165) is 4.73 Å². The van der Waals surface area contributed by atoms with Crippen molar-refractivity contribution >= 4 is 5.91 Å². The smallest absolute Gasteiger partial charge is 0.288 e. The maximum Gasteiger partial charge on any atom is 0.288 e. The Morgan fingerprint density at radius 2 is 2.08 bits per heavy atom. The Bertz CT molecular complexity index is 676. The zero-order valence-electron chi connectivity index (χ0n) is 13.1. The first kappa shape index (κ1) is 16.9. The Balaban J connectivity index is 1.82. The van der Waals surface area contributed by atoms with E-state index in [1.807, 2.05) is 0 Å². The van der Waals surface area contributed by atoms with Crippen LogP contribution in [0.5, 0.6) is 0 Å². The standard InChI is InChI=1S/C15H20N2O7/c1-16-9(4-5-11(16)19)8-3-2-6-17(14(8)22)24-15-13(21)12(20)10(7-18)23-15/h2-3,6,9-10,12-13,15,18,20-21H,4-5,7H2,1H3/t9-,10+,12+,13+,15-/m0/s1. The second kappa shape index (κ2) is 6.52. The Morgan fingerprint density at radius 1 is 1.33 bits per heavy atom. The summed E-state index contributed by atoms with van der Waals surface area (Å²) in [4.78, 5) is 31.1. The number of amides is 1. The second-order valence-electron chi connectivity index (χ2n) is 5.97. The van der Waals surface area contributed by atoms with Gasteiger partial charge in [0, 0.05) is 25.2 Å². The average Bonchev–Trinajstić information content (AvgIpc) is 3.04. The van der Waals surface area contributed by atoms with Crippen molar-refractivity contribution in [2.24, 2.45) is 0 Å². The number of carbonyl (C=O) groups excluding carboxylic acids is 1. The van der Waals surface area contributed by atoms with Crippen LogP contribution in [0, 0.1) is 0 Å². The molecule has 0 radical (unpaired) electrons. The van der Waals surface area contributed by atoms with Gasteiger partial charge in [-0.05, 0) is 18.6 Å². The van der Waals surface area contributed by atoms with Crippen molar-refractivity contribution in [2.45, 2.75) is 43.5 Å². The molecule has 0 aromatic carbocycles. The number of aliphatic hydroxyl groups excluding tert-OH is 3. The number of pyridine rings is 1. The van der Waals surface area contributed by atoms with Crippen molar-refractivity contribution in [3.8, 4) is 0 Å². The van der Waals surface area contributed by atoms with E-state index < -0.39 is 36.8 Å². The summed E-state index contributed by atoms with van der Waals surface area (Å²) in [6.07, 6.45) is -2.69. The number of hydrogen-bond acceptors (Lipinski definition) is 7. The van der Waals surface area contributed by atoms with Gasteiger partial charge in [0.2, 0.25) is 5.91 Å². The molecule has 0 unspecified atom stereocenters. The van der Waals surface area contributed by atoms with Gasteiger partial charge in [-0.3, -0.25) is 9.59 Å². The minimum absolute atomic E-state index is 0.0285. The third-order valence-electron chi connectivity index (χ3n) is 4.51. The molecule has 1 amide bonds. The van der Waals surface area contributed by atoms with Crippen LogP contribution >= 0.6 is 0 Å². The van der Waals surface area contributed by atoms with Crippen molar-refractivity contribution in [3.05, 3.63) is 34.2 Å². The minimum atomic E-state index is -1.39. The molecule has 132 valence electrons. The Kier molecular flexibility index (Phi) is 4.59. The lowest BCUT2D eigenvalue weighted by atomic mass is 10.1. The molecule has 2 aliphatic rings. The van der Waals surface area contributed by atoms with Crippen LogP contribution in [-0.2, 0) is 9.53 Å². The van der Waals surface area contributed by atoms with Crippen LogP contribution in [0.4, 0.5) is 0 Å². The molecule has 9 nitrogen and oxygen atoms in total. The van der Waals surface area contributed by atoms with Gasteiger partial charge in [0.15, 0.2) is 0 Å². The van der Waals surface area contributed by atoms with Gasteiger partial charge in [0.05, 0.1) is 12.6 Å². The van der Waals surface area contributed by atoms with E-state index in [9.17, 15) is 19.8 Å². The van der Waals surface area contributed by atoms with Crippen molar-refractivity contribution < 1.29 is 29.7 Å². The molecule has 24 heavy (non-hydrogen) atoms. The second-order valence-corrected chi connectivity index (χ2v) is 5.97. The lowest BCUT2D eigenvalue weighted by molar-refractivity contribution is -0.173. The van der Waals surface area contributed by atoms with Crippen molar-refractivity contribution in [2.75, 3.05) is 13.7 Å². The molecule has 5 atom stereocenters. The number of rotatable bonds is 4. The Labute approximate surface area is 137 Å². The van der Waals surface area contributed by atoms with E-state index in [4.69, 9.17) is 14.7 Å². The summed E-state index contributed by atoms with van der Waals surface area (Å²) in [5, 5.41) is 28.7. The molecular formula is C15H20N2O7. The highest BCUT2D eigenvalue weighted by Crippen LogP contribution is 2.29. The number of aromatic nitrogens is 1. The predicted octanol–water partition coefficient (Wildman–Crippen LogP) is -1.99. The molecule has 0 bridgehead atoms. The van der Waals surface area contributed by atoms with E-state index in [1.165, 1.54) is 11.1 Å². The summed E-state index contributed by atoms with van der Waals surface area (Å²) in [5.41, 5.74) is -0.0700. The first-order valence-electron chi connectivity index (χ1n) is 7.71. The summed E-state index contributed by atoms with van der Waals surface area (Å²) in [6.45, 7) is -0.484. The maximum absolute atomic E-state index is 12.6. The highest BCUT2D eigenvalue weighted by atomic mass is 16.8. The molecular weight excluding hydrogens is 320 g/mol. The zero-order valence-corrected chi connectivity index (χ0v) is 13.1. The summed E-state index contributed by atoms with van der Waals surface area (Å²) in [6, 6.07) is 2.89. The molecule has 3 N–H and O–H groups in total. The Hall–Kier alpha value is -1.94. The van der Waals surface area contributed by atoms with Crippen molar-refractivity contribution in [3.63, 3.8) is 0 Å². The Morgan fingerprint density at radius 3 is 2.67 bits per heavy atom. The van der Waals surface area contributed by atoms with Gasteiger partial charge in [-0.1, -0.05) is 0 Å². The van der Waals surface area contributed by atoms with Gasteiger partial charge in [-0.25, -0.2) is 0 Å². The van der Waals surface area contributed by atoms with Gasteiger partial charge >= 0.3 is 0 Å². The molecule has 0 aliphatic carbocycles. The highest BCUT2D eigenvalue weighted by Gasteiger charge is 2.44. The van der Waals surface area contributed by atoms with Crippen molar-refractivity contribution in [1.82, 2.24) is 9.63 Å². The molecule has 2 aliphatic heterocycles. The summed E-state index contributed by atoms with van der Waals surface area (Å²) >= 11 is 0. The molecule has 0 spiro atoms. The average molecular weight is 340 g/mol. The van der Waals surface area contributed by atoms with Gasteiger partial charge in [-0.15, -0.1) is 4.73 Å². The number of ether oxygens (including phenoxy) is 1. The molecule has 1 aromatic heterocycles. The van der Waals surface area contributed by atoms with Crippen LogP contribution in [0.15, 0.2) is 23.1 Å². The topological polar surface area (TPSA) is 121 Å². The normalized spacial score (nSPS) is 33.2. The summed E-state index contributed by atoms with van der Waals surface area (Å²) in [5.74, 6) is -0.0285. The fraction of sp³-hybridized carbons (Fsp3) is 0.600. The minimum Gasteiger partial charge on any atom is -0.394 e. The van der Waals surface area contributed by atoms with E-state index in [0.29, 0.717) is 18.4 Å². The maximum atomic E-state index is 12.6. The first-order valence-corrected chi connectivity index (χ1v) is 7.71. The van der Waals surface area contributed by atoms with Gasteiger partial charge in [0.25, 0.3) is 11.8 Å². The fourth-order valence-electron chi connectivity index (χ4n) is 3.06. The SMILES string of the molecule is CN1C(=O)CC[C@H]1c1cccn(O[C@@H]2O[C@H](CO)[C@@H](O)[C@H]2O)c1=O. The zero-order chi connectivity index (χ0) is 17.4. The van der Waals surface area contributed by atoms with Crippen LogP contribution in [0.3, 0.4) is 0 Å². The molecule has 2 fully saturated rings. The third-order valence-corrected chi connectivity index (χ3v) is 4.51. The summed E-state index contributed by atoms with van der Waals surface area (Å²) in [7, 11) is 1.64. The van der Waals surface area contributed by atoms with Gasteiger partial charge in [-0.2, -0.15) is 0 Å². The molecule has 3 rings (SSSR count). The van der Waals surface area contributed by atoms with Crippen LogP contribution in [0.2, 0.25) is 0 Å². The molecule has 9 heteroatoms. The molecule has 0 saturated carbocycles. The van der Waals surface area contributed by atoms with Crippen LogP contribution in [0.1, 0.15) is 24.4 Å². The monoisotopic (exact) mass is 340 g/mol. The lowest BCUT2D eigenvalue weighted by Crippen LogP contribution is -2.42. The number of carbonyl (C=O) groups is 1. The van der Waals surface area contributed by atoms with Crippen LogP contribution in [0.25, 0.3) is 0 Å². The number of nitrogens with zero attached hydrogens (tertiary/aromatic N) is 2. The third kappa shape index (κ3) is 2.80. The predicted molar refractivity (Wildman–Crippen MR) is 79.8 cm³/mol. The van der Waals surface area contributed by atoms with Crippen LogP contribution < -0.4 is 10.4 Å². The largest absolute Gasteiger partial charge is 0.394 e. The van der Waals surface area contributed by atoms with Gasteiger partial charge in [0.1, 0.15) is 18.3 Å². The number of hydrogen-bond donors (Lipinski definition) is 3. The van der Waals surface area contributed by atoms with E-state index in [1.54, 1.807) is 19.2 Å². The molecule has 3 heterocycles. The van der Waals surface area contributed by atoms with Crippen molar-refractivity contribution in [1.29, 1.82) is 0 Å². The molecule has 1 aromatic rings. The quantitative estimate of drug-likeness (QED) is 0.580. The number of likely N-dealkylation sites (tertiary alicyclic amines) is 1.